The third-order valence-corrected chi connectivity index (χ3v) is 4.99. The first-order valence-corrected chi connectivity index (χ1v) is 7.77. The van der Waals surface area contributed by atoms with Gasteiger partial charge < -0.3 is 10.1 Å². The molecule has 3 atom stereocenters. The number of nitrogens with one attached hydrogen (secondary N) is 1. The highest BCUT2D eigenvalue weighted by atomic mass is 19.1. The van der Waals surface area contributed by atoms with Gasteiger partial charge in [0, 0.05) is 6.04 Å². The van der Waals surface area contributed by atoms with Crippen LogP contribution in [0.2, 0.25) is 0 Å². The normalized spacial score (nSPS) is 29.1. The topological polar surface area (TPSA) is 21.3 Å². The lowest BCUT2D eigenvalue weighted by atomic mass is 9.89. The van der Waals surface area contributed by atoms with Crippen molar-refractivity contribution in [1.29, 1.82) is 0 Å². The number of rotatable bonds is 6. The Morgan fingerprint density at radius 3 is 2.65 bits per heavy atom. The number of hydrogen-bond acceptors (Lipinski definition) is 2. The SMILES string of the molecule is CCNC(Cc1ccc(OC)c(F)c1)C1CC2CC2C1. The molecule has 2 fully saturated rings. The monoisotopic (exact) mass is 277 g/mol. The first-order chi connectivity index (χ1) is 9.71. The van der Waals surface area contributed by atoms with Crippen LogP contribution >= 0.6 is 0 Å². The Bertz CT molecular complexity index is 466. The van der Waals surface area contributed by atoms with Crippen molar-refractivity contribution in [1.82, 2.24) is 5.32 Å². The summed E-state index contributed by atoms with van der Waals surface area (Å²) in [5, 5.41) is 3.61. The first-order valence-electron chi connectivity index (χ1n) is 7.77. The van der Waals surface area contributed by atoms with E-state index in [1.165, 1.54) is 26.4 Å². The average Bonchev–Trinajstić information content (AvgIpc) is 3.05. The molecule has 0 bridgehead atoms. The van der Waals surface area contributed by atoms with Gasteiger partial charge in [-0.1, -0.05) is 13.0 Å². The Hall–Kier alpha value is -1.09. The van der Waals surface area contributed by atoms with Crippen molar-refractivity contribution in [3.8, 4) is 5.75 Å². The van der Waals surface area contributed by atoms with Crippen molar-refractivity contribution in [2.24, 2.45) is 17.8 Å². The fourth-order valence-corrected chi connectivity index (χ4v) is 3.85. The second-order valence-electron chi connectivity index (χ2n) is 6.32. The summed E-state index contributed by atoms with van der Waals surface area (Å²) in [6, 6.07) is 5.83. The van der Waals surface area contributed by atoms with E-state index in [1.807, 2.05) is 6.07 Å². The molecule has 2 nitrogen and oxygen atoms in total. The maximum Gasteiger partial charge on any atom is 0.165 e. The summed E-state index contributed by atoms with van der Waals surface area (Å²) in [6.07, 6.45) is 5.09. The van der Waals surface area contributed by atoms with Gasteiger partial charge >= 0.3 is 0 Å². The van der Waals surface area contributed by atoms with Crippen LogP contribution in [-0.4, -0.2) is 19.7 Å². The quantitative estimate of drug-likeness (QED) is 0.860. The van der Waals surface area contributed by atoms with Crippen molar-refractivity contribution < 1.29 is 9.13 Å². The van der Waals surface area contributed by atoms with E-state index in [0.717, 1.165) is 36.3 Å². The third-order valence-electron chi connectivity index (χ3n) is 4.99. The van der Waals surface area contributed by atoms with Crippen LogP contribution in [-0.2, 0) is 6.42 Å². The number of ether oxygens (including phenoxy) is 1. The summed E-state index contributed by atoms with van der Waals surface area (Å²) in [6.45, 7) is 3.13. The fraction of sp³-hybridized carbons (Fsp3) is 0.647. The van der Waals surface area contributed by atoms with Crippen LogP contribution in [0, 0.1) is 23.6 Å². The molecule has 3 unspecified atom stereocenters. The maximum atomic E-state index is 13.8. The van der Waals surface area contributed by atoms with Crippen LogP contribution in [0.5, 0.6) is 5.75 Å². The minimum Gasteiger partial charge on any atom is -0.494 e. The standard InChI is InChI=1S/C17H24FNO/c1-3-19-16(14-9-12-8-13(12)10-14)7-11-4-5-17(20-2)15(18)6-11/h4-6,12-14,16,19H,3,7-10H2,1-2H3. The molecule has 3 heteroatoms. The van der Waals surface area contributed by atoms with E-state index in [9.17, 15) is 4.39 Å². The molecule has 0 heterocycles. The van der Waals surface area contributed by atoms with E-state index in [2.05, 4.69) is 12.2 Å². The van der Waals surface area contributed by atoms with Crippen LogP contribution in [0.15, 0.2) is 18.2 Å². The predicted molar refractivity (Wildman–Crippen MR) is 78.4 cm³/mol. The zero-order valence-corrected chi connectivity index (χ0v) is 12.4. The molecule has 0 aliphatic heterocycles. The number of fused-ring (bicyclic) bond motifs is 1. The molecule has 110 valence electrons. The lowest BCUT2D eigenvalue weighted by molar-refractivity contribution is 0.336. The van der Waals surface area contributed by atoms with Crippen molar-refractivity contribution in [2.45, 2.75) is 38.6 Å². The molecular weight excluding hydrogens is 253 g/mol. The lowest BCUT2D eigenvalue weighted by Gasteiger charge is -2.26. The molecule has 0 aromatic heterocycles. The highest BCUT2D eigenvalue weighted by Crippen LogP contribution is 2.55. The van der Waals surface area contributed by atoms with Gasteiger partial charge in [0.1, 0.15) is 0 Å². The lowest BCUT2D eigenvalue weighted by Crippen LogP contribution is -2.37. The first kappa shape index (κ1) is 13.9. The van der Waals surface area contributed by atoms with Gasteiger partial charge in [-0.2, -0.15) is 0 Å². The predicted octanol–water partition coefficient (Wildman–Crippen LogP) is 3.40. The summed E-state index contributed by atoms with van der Waals surface area (Å²) in [4.78, 5) is 0. The number of halogens is 1. The third kappa shape index (κ3) is 2.83. The summed E-state index contributed by atoms with van der Waals surface area (Å²) in [7, 11) is 1.50. The van der Waals surface area contributed by atoms with Crippen molar-refractivity contribution in [2.75, 3.05) is 13.7 Å². The van der Waals surface area contributed by atoms with Gasteiger partial charge in [0.15, 0.2) is 11.6 Å². The molecule has 2 saturated carbocycles. The molecule has 1 N–H and O–H groups in total. The molecule has 2 aliphatic carbocycles. The molecule has 1 aromatic carbocycles. The van der Waals surface area contributed by atoms with Crippen molar-refractivity contribution >= 4 is 0 Å². The zero-order valence-electron chi connectivity index (χ0n) is 12.4. The van der Waals surface area contributed by atoms with Gasteiger partial charge in [-0.25, -0.2) is 4.39 Å². The number of likely N-dealkylation sites (N-methyl/N-ethyl adjacent to an activating group) is 1. The summed E-state index contributed by atoms with van der Waals surface area (Å²) >= 11 is 0. The van der Waals surface area contributed by atoms with Crippen LogP contribution in [0.25, 0.3) is 0 Å². The van der Waals surface area contributed by atoms with E-state index in [0.29, 0.717) is 11.8 Å². The van der Waals surface area contributed by atoms with E-state index < -0.39 is 0 Å². The fourth-order valence-electron chi connectivity index (χ4n) is 3.85. The smallest absolute Gasteiger partial charge is 0.165 e. The number of methoxy groups -OCH3 is 1. The van der Waals surface area contributed by atoms with E-state index >= 15 is 0 Å². The molecule has 0 saturated heterocycles. The average molecular weight is 277 g/mol. The Balaban J connectivity index is 1.67. The van der Waals surface area contributed by atoms with Gasteiger partial charge in [0.05, 0.1) is 7.11 Å². The minimum absolute atomic E-state index is 0.255. The Morgan fingerprint density at radius 2 is 2.05 bits per heavy atom. The van der Waals surface area contributed by atoms with Crippen molar-refractivity contribution in [3.63, 3.8) is 0 Å². The van der Waals surface area contributed by atoms with E-state index in [1.54, 1.807) is 12.1 Å². The molecule has 0 amide bonds. The Labute approximate surface area is 120 Å². The molecular formula is C17H24FNO. The Kier molecular flexibility index (Phi) is 3.97. The molecule has 1 aromatic rings. The van der Waals surface area contributed by atoms with Crippen LogP contribution in [0.4, 0.5) is 4.39 Å². The maximum absolute atomic E-state index is 13.8. The van der Waals surface area contributed by atoms with Gasteiger partial charge in [0.2, 0.25) is 0 Å². The summed E-state index contributed by atoms with van der Waals surface area (Å²) in [5.41, 5.74) is 1.06. The molecule has 3 rings (SSSR count). The molecule has 2 aliphatic rings. The largest absolute Gasteiger partial charge is 0.494 e. The van der Waals surface area contributed by atoms with Crippen LogP contribution in [0.3, 0.4) is 0 Å². The zero-order chi connectivity index (χ0) is 14.1. The summed E-state index contributed by atoms with van der Waals surface area (Å²) < 4.78 is 18.8. The highest BCUT2D eigenvalue weighted by Gasteiger charge is 2.47. The van der Waals surface area contributed by atoms with Crippen LogP contribution in [0.1, 0.15) is 31.7 Å². The van der Waals surface area contributed by atoms with Crippen molar-refractivity contribution in [3.05, 3.63) is 29.6 Å². The second-order valence-corrected chi connectivity index (χ2v) is 6.32. The van der Waals surface area contributed by atoms with Gasteiger partial charge in [0.25, 0.3) is 0 Å². The van der Waals surface area contributed by atoms with Crippen LogP contribution < -0.4 is 10.1 Å². The highest BCUT2D eigenvalue weighted by molar-refractivity contribution is 5.30. The minimum atomic E-state index is -0.255. The van der Waals surface area contributed by atoms with E-state index in [4.69, 9.17) is 4.74 Å². The summed E-state index contributed by atoms with van der Waals surface area (Å²) in [5.74, 6) is 2.83. The molecule has 0 radical (unpaired) electrons. The number of benzene rings is 1. The van der Waals surface area contributed by atoms with E-state index in [-0.39, 0.29) is 5.82 Å². The van der Waals surface area contributed by atoms with Gasteiger partial charge in [-0.15, -0.1) is 0 Å². The van der Waals surface area contributed by atoms with Gasteiger partial charge in [-0.05, 0) is 67.7 Å². The number of hydrogen-bond donors (Lipinski definition) is 1. The Morgan fingerprint density at radius 1 is 1.30 bits per heavy atom. The van der Waals surface area contributed by atoms with Gasteiger partial charge in [-0.3, -0.25) is 0 Å². The molecule has 0 spiro atoms. The second kappa shape index (κ2) is 5.72. The molecule has 20 heavy (non-hydrogen) atoms.